The zero-order valence-electron chi connectivity index (χ0n) is 20.7. The summed E-state index contributed by atoms with van der Waals surface area (Å²) in [7, 11) is 0. The number of nitrogens with one attached hydrogen (secondary N) is 1. The first kappa shape index (κ1) is 21.0. The van der Waals surface area contributed by atoms with Gasteiger partial charge in [0.15, 0.2) is 0 Å². The molecule has 0 amide bonds. The Balaban J connectivity index is 1.38. The largest absolute Gasteiger partial charge is 0.455 e. The van der Waals surface area contributed by atoms with Gasteiger partial charge >= 0.3 is 0 Å². The Hall–Kier alpha value is -4.30. The van der Waals surface area contributed by atoms with Crippen molar-refractivity contribution in [1.82, 2.24) is 4.98 Å². The maximum Gasteiger partial charge on any atom is 0.143 e. The van der Waals surface area contributed by atoms with Gasteiger partial charge in [-0.3, -0.25) is 0 Å². The van der Waals surface area contributed by atoms with E-state index in [9.17, 15) is 0 Å². The van der Waals surface area contributed by atoms with Gasteiger partial charge in [0.1, 0.15) is 11.2 Å². The van der Waals surface area contributed by atoms with Crippen molar-refractivity contribution >= 4 is 43.7 Å². The fourth-order valence-electron chi connectivity index (χ4n) is 5.38. The maximum absolute atomic E-state index is 6.32. The van der Waals surface area contributed by atoms with Crippen LogP contribution in [0.5, 0.6) is 0 Å². The first-order chi connectivity index (χ1) is 17.5. The molecule has 0 aliphatic rings. The summed E-state index contributed by atoms with van der Waals surface area (Å²) >= 11 is 0. The van der Waals surface area contributed by atoms with Gasteiger partial charge in [0.2, 0.25) is 0 Å². The molecule has 0 radical (unpaired) electrons. The molecule has 0 spiro atoms. The summed E-state index contributed by atoms with van der Waals surface area (Å²) in [5, 5.41) is 4.78. The Bertz CT molecular complexity index is 1910. The minimum Gasteiger partial charge on any atom is -0.455 e. The standard InChI is InChI=1S/C34H27NO/c1-34(2,3)24-15-11-21(12-16-24)22-13-17-30-28(19-22)29-20-23(14-18-31(29)35-30)25-8-6-9-27-26-7-4-5-10-32(26)36-33(25)27/h4-20,35H,1-3H3. The number of rotatable bonds is 2. The molecular formula is C34H27NO. The predicted molar refractivity (Wildman–Crippen MR) is 153 cm³/mol. The molecule has 2 aromatic heterocycles. The van der Waals surface area contributed by atoms with Crippen LogP contribution in [0.4, 0.5) is 0 Å². The molecule has 0 bridgehead atoms. The summed E-state index contributed by atoms with van der Waals surface area (Å²) in [6.07, 6.45) is 0. The molecule has 0 saturated heterocycles. The smallest absolute Gasteiger partial charge is 0.143 e. The lowest BCUT2D eigenvalue weighted by molar-refractivity contribution is 0.590. The highest BCUT2D eigenvalue weighted by Crippen LogP contribution is 2.38. The zero-order chi connectivity index (χ0) is 24.4. The van der Waals surface area contributed by atoms with E-state index in [-0.39, 0.29) is 5.41 Å². The Labute approximate surface area is 210 Å². The van der Waals surface area contributed by atoms with Gasteiger partial charge in [-0.1, -0.05) is 93.6 Å². The molecule has 1 N–H and O–H groups in total. The molecule has 0 aliphatic heterocycles. The quantitative estimate of drug-likeness (QED) is 0.270. The molecule has 36 heavy (non-hydrogen) atoms. The molecule has 0 atom stereocenters. The van der Waals surface area contributed by atoms with E-state index in [1.807, 2.05) is 12.1 Å². The second-order valence-corrected chi connectivity index (χ2v) is 10.8. The third-order valence-electron chi connectivity index (χ3n) is 7.40. The van der Waals surface area contributed by atoms with Crippen LogP contribution in [0.25, 0.3) is 66.0 Å². The highest BCUT2D eigenvalue weighted by molar-refractivity contribution is 6.12. The summed E-state index contributed by atoms with van der Waals surface area (Å²) in [6.45, 7) is 6.76. The van der Waals surface area contributed by atoms with Gasteiger partial charge in [0.05, 0.1) is 0 Å². The lowest BCUT2D eigenvalue weighted by Crippen LogP contribution is -2.10. The Morgan fingerprint density at radius 1 is 0.556 bits per heavy atom. The van der Waals surface area contributed by atoms with Gasteiger partial charge in [-0.2, -0.15) is 0 Å². The molecule has 2 nitrogen and oxygen atoms in total. The number of hydrogen-bond donors (Lipinski definition) is 1. The predicted octanol–water partition coefficient (Wildman–Crippen LogP) is 9.85. The summed E-state index contributed by atoms with van der Waals surface area (Å²) in [4.78, 5) is 3.60. The molecular weight excluding hydrogens is 438 g/mol. The summed E-state index contributed by atoms with van der Waals surface area (Å²) in [5.41, 5.74) is 10.4. The van der Waals surface area contributed by atoms with Gasteiger partial charge in [0, 0.05) is 38.1 Å². The lowest BCUT2D eigenvalue weighted by atomic mass is 9.86. The number of aromatic nitrogens is 1. The number of benzene rings is 5. The Morgan fingerprint density at radius 2 is 1.19 bits per heavy atom. The molecule has 2 heteroatoms. The fraction of sp³-hybridized carbons (Fsp3) is 0.118. The van der Waals surface area contributed by atoms with Crippen molar-refractivity contribution in [2.24, 2.45) is 0 Å². The maximum atomic E-state index is 6.32. The number of furan rings is 1. The Kier molecular flexibility index (Phi) is 4.44. The van der Waals surface area contributed by atoms with Crippen LogP contribution in [-0.4, -0.2) is 4.98 Å². The van der Waals surface area contributed by atoms with Crippen molar-refractivity contribution in [2.45, 2.75) is 26.2 Å². The number of hydrogen-bond acceptors (Lipinski definition) is 1. The van der Waals surface area contributed by atoms with Gasteiger partial charge in [-0.05, 0) is 58.0 Å². The highest BCUT2D eigenvalue weighted by atomic mass is 16.3. The average molecular weight is 466 g/mol. The van der Waals surface area contributed by atoms with Crippen LogP contribution in [0.3, 0.4) is 0 Å². The van der Waals surface area contributed by atoms with Gasteiger partial charge in [-0.25, -0.2) is 0 Å². The van der Waals surface area contributed by atoms with Crippen LogP contribution in [0.2, 0.25) is 0 Å². The zero-order valence-corrected chi connectivity index (χ0v) is 20.7. The minimum absolute atomic E-state index is 0.151. The molecule has 2 heterocycles. The van der Waals surface area contributed by atoms with Crippen LogP contribution in [0.15, 0.2) is 108 Å². The molecule has 0 saturated carbocycles. The first-order valence-corrected chi connectivity index (χ1v) is 12.5. The van der Waals surface area contributed by atoms with Crippen molar-refractivity contribution in [3.8, 4) is 22.3 Å². The van der Waals surface area contributed by atoms with Crippen molar-refractivity contribution in [3.63, 3.8) is 0 Å². The van der Waals surface area contributed by atoms with E-state index in [1.54, 1.807) is 0 Å². The van der Waals surface area contributed by atoms with Crippen LogP contribution in [-0.2, 0) is 5.41 Å². The SMILES string of the molecule is CC(C)(C)c1ccc(-c2ccc3[nH]c4ccc(-c5cccc6c5oc5ccccc56)cc4c3c2)cc1. The average Bonchev–Trinajstić information content (AvgIpc) is 3.45. The highest BCUT2D eigenvalue weighted by Gasteiger charge is 2.15. The van der Waals surface area contributed by atoms with Crippen molar-refractivity contribution in [1.29, 1.82) is 0 Å². The molecule has 0 fully saturated rings. The molecule has 174 valence electrons. The fourth-order valence-corrected chi connectivity index (χ4v) is 5.38. The van der Waals surface area contributed by atoms with Crippen LogP contribution in [0.1, 0.15) is 26.3 Å². The number of H-pyrrole nitrogens is 1. The number of aromatic amines is 1. The van der Waals surface area contributed by atoms with Crippen molar-refractivity contribution in [2.75, 3.05) is 0 Å². The van der Waals surface area contributed by atoms with Gasteiger partial charge in [0.25, 0.3) is 0 Å². The minimum atomic E-state index is 0.151. The summed E-state index contributed by atoms with van der Waals surface area (Å²) in [5.74, 6) is 0. The monoisotopic (exact) mass is 465 g/mol. The summed E-state index contributed by atoms with van der Waals surface area (Å²) < 4.78 is 6.32. The molecule has 7 rings (SSSR count). The van der Waals surface area contributed by atoms with E-state index in [0.29, 0.717) is 0 Å². The lowest BCUT2D eigenvalue weighted by Gasteiger charge is -2.19. The Morgan fingerprint density at radius 3 is 1.94 bits per heavy atom. The third kappa shape index (κ3) is 3.25. The normalized spacial score (nSPS) is 12.3. The first-order valence-electron chi connectivity index (χ1n) is 12.5. The third-order valence-corrected chi connectivity index (χ3v) is 7.40. The van der Waals surface area contributed by atoms with E-state index in [1.165, 1.54) is 27.5 Å². The molecule has 7 aromatic rings. The van der Waals surface area contributed by atoms with Crippen LogP contribution >= 0.6 is 0 Å². The molecule has 0 unspecified atom stereocenters. The van der Waals surface area contributed by atoms with E-state index in [2.05, 4.69) is 117 Å². The molecule has 0 aliphatic carbocycles. The van der Waals surface area contributed by atoms with E-state index in [0.717, 1.165) is 44.1 Å². The van der Waals surface area contributed by atoms with Crippen molar-refractivity contribution < 1.29 is 4.42 Å². The van der Waals surface area contributed by atoms with Gasteiger partial charge in [-0.15, -0.1) is 0 Å². The van der Waals surface area contributed by atoms with Crippen molar-refractivity contribution in [3.05, 3.63) is 109 Å². The second-order valence-electron chi connectivity index (χ2n) is 10.8. The van der Waals surface area contributed by atoms with E-state index in [4.69, 9.17) is 4.42 Å². The molecule has 5 aromatic carbocycles. The topological polar surface area (TPSA) is 28.9 Å². The van der Waals surface area contributed by atoms with Gasteiger partial charge < -0.3 is 9.40 Å². The second kappa shape index (κ2) is 7.60. The number of para-hydroxylation sites is 2. The number of fused-ring (bicyclic) bond motifs is 6. The van der Waals surface area contributed by atoms with E-state index < -0.39 is 0 Å². The van der Waals surface area contributed by atoms with Crippen LogP contribution < -0.4 is 0 Å². The van der Waals surface area contributed by atoms with Crippen LogP contribution in [0, 0.1) is 0 Å². The summed E-state index contributed by atoms with van der Waals surface area (Å²) in [6, 6.07) is 37.0. The van der Waals surface area contributed by atoms with E-state index >= 15 is 0 Å².